The van der Waals surface area contributed by atoms with Gasteiger partial charge in [-0.1, -0.05) is 33.3 Å². The van der Waals surface area contributed by atoms with E-state index in [1.54, 1.807) is 6.07 Å². The van der Waals surface area contributed by atoms with Crippen molar-refractivity contribution in [2.75, 3.05) is 0 Å². The summed E-state index contributed by atoms with van der Waals surface area (Å²) >= 11 is 0. The average Bonchev–Trinajstić information content (AvgIpc) is 2.40. The summed E-state index contributed by atoms with van der Waals surface area (Å²) in [4.78, 5) is 0. The minimum atomic E-state index is -0.300. The maximum Gasteiger partial charge on any atom is 0.165 e. The van der Waals surface area contributed by atoms with E-state index in [1.807, 2.05) is 13.0 Å². The van der Waals surface area contributed by atoms with Gasteiger partial charge in [0.2, 0.25) is 0 Å². The van der Waals surface area contributed by atoms with Crippen LogP contribution in [0.15, 0.2) is 18.2 Å². The summed E-state index contributed by atoms with van der Waals surface area (Å²) in [6, 6.07) is 4.92. The molecule has 2 N–H and O–H groups in total. The van der Waals surface area contributed by atoms with E-state index in [0.29, 0.717) is 23.5 Å². The molecule has 0 radical (unpaired) electrons. The average molecular weight is 293 g/mol. The van der Waals surface area contributed by atoms with Gasteiger partial charge in [-0.2, -0.15) is 0 Å². The maximum absolute atomic E-state index is 14.2. The zero-order valence-electron chi connectivity index (χ0n) is 13.6. The van der Waals surface area contributed by atoms with Crippen molar-refractivity contribution in [1.82, 2.24) is 0 Å². The number of ether oxygens (including phenoxy) is 1. The third-order valence-corrected chi connectivity index (χ3v) is 4.72. The van der Waals surface area contributed by atoms with E-state index in [4.69, 9.17) is 10.5 Å². The van der Waals surface area contributed by atoms with Crippen LogP contribution in [0.1, 0.15) is 58.6 Å². The molecule has 1 saturated carbocycles. The normalized spacial score (nSPS) is 27.7. The van der Waals surface area contributed by atoms with Gasteiger partial charge >= 0.3 is 0 Å². The minimum Gasteiger partial charge on any atom is -0.487 e. The van der Waals surface area contributed by atoms with E-state index in [9.17, 15) is 4.39 Å². The summed E-state index contributed by atoms with van der Waals surface area (Å²) in [6.45, 7) is 8.56. The van der Waals surface area contributed by atoms with Crippen LogP contribution in [0.5, 0.6) is 5.75 Å². The lowest BCUT2D eigenvalue weighted by Gasteiger charge is -2.37. The van der Waals surface area contributed by atoms with E-state index < -0.39 is 0 Å². The highest BCUT2D eigenvalue weighted by Crippen LogP contribution is 2.36. The molecule has 2 nitrogen and oxygen atoms in total. The smallest absolute Gasteiger partial charge is 0.165 e. The van der Waals surface area contributed by atoms with Crippen LogP contribution in [0.3, 0.4) is 0 Å². The number of nitrogens with two attached hydrogens (primary N) is 1. The standard InChI is InChI=1S/C18H28FNO/c1-11(2)15-7-5-12(3)9-18(15)21-17-8-6-14(13(4)20)10-16(17)19/h6,8,10-13,15,18H,5,7,9,20H2,1-4H3/t12?,13-,15?,18?/m1/s1. The molecule has 1 aliphatic rings. The second kappa shape index (κ2) is 6.78. The Bertz CT molecular complexity index is 472. The fourth-order valence-electron chi connectivity index (χ4n) is 3.31. The first kappa shape index (κ1) is 16.3. The molecule has 118 valence electrons. The van der Waals surface area contributed by atoms with Crippen LogP contribution in [-0.2, 0) is 0 Å². The van der Waals surface area contributed by atoms with Crippen LogP contribution in [0, 0.1) is 23.6 Å². The Kier molecular flexibility index (Phi) is 5.26. The van der Waals surface area contributed by atoms with Crippen LogP contribution in [0.25, 0.3) is 0 Å². The van der Waals surface area contributed by atoms with Gasteiger partial charge in [-0.3, -0.25) is 0 Å². The van der Waals surface area contributed by atoms with Crippen molar-refractivity contribution in [3.63, 3.8) is 0 Å². The lowest BCUT2D eigenvalue weighted by Crippen LogP contribution is -2.36. The Hall–Kier alpha value is -1.09. The van der Waals surface area contributed by atoms with E-state index in [-0.39, 0.29) is 18.0 Å². The van der Waals surface area contributed by atoms with Gasteiger partial charge in [-0.05, 0) is 55.2 Å². The number of rotatable bonds is 4. The third kappa shape index (κ3) is 3.97. The first-order valence-electron chi connectivity index (χ1n) is 8.10. The Balaban J connectivity index is 2.15. The van der Waals surface area contributed by atoms with Crippen molar-refractivity contribution in [3.05, 3.63) is 29.6 Å². The number of hydrogen-bond acceptors (Lipinski definition) is 2. The maximum atomic E-state index is 14.2. The number of benzene rings is 1. The van der Waals surface area contributed by atoms with Gasteiger partial charge < -0.3 is 10.5 Å². The monoisotopic (exact) mass is 293 g/mol. The molecule has 2 rings (SSSR count). The van der Waals surface area contributed by atoms with Crippen LogP contribution in [0.2, 0.25) is 0 Å². The molecule has 0 spiro atoms. The number of halogens is 1. The summed E-state index contributed by atoms with van der Waals surface area (Å²) in [5, 5.41) is 0. The minimum absolute atomic E-state index is 0.115. The SMILES string of the molecule is CC1CCC(C(C)C)C(Oc2ccc([C@@H](C)N)cc2F)C1. The third-order valence-electron chi connectivity index (χ3n) is 4.72. The first-order valence-corrected chi connectivity index (χ1v) is 8.10. The molecule has 21 heavy (non-hydrogen) atoms. The second-order valence-corrected chi connectivity index (χ2v) is 6.96. The van der Waals surface area contributed by atoms with Gasteiger partial charge in [-0.15, -0.1) is 0 Å². The predicted octanol–water partition coefficient (Wildman–Crippen LogP) is 4.69. The molecule has 0 bridgehead atoms. The fraction of sp³-hybridized carbons (Fsp3) is 0.667. The Labute approximate surface area is 127 Å². The lowest BCUT2D eigenvalue weighted by molar-refractivity contribution is 0.0431. The van der Waals surface area contributed by atoms with Crippen LogP contribution in [-0.4, -0.2) is 6.10 Å². The van der Waals surface area contributed by atoms with E-state index in [1.165, 1.54) is 18.9 Å². The molecule has 4 atom stereocenters. The molecule has 0 aromatic heterocycles. The highest BCUT2D eigenvalue weighted by molar-refractivity contribution is 5.31. The first-order chi connectivity index (χ1) is 9.88. The van der Waals surface area contributed by atoms with Crippen LogP contribution >= 0.6 is 0 Å². The predicted molar refractivity (Wildman–Crippen MR) is 84.8 cm³/mol. The highest BCUT2D eigenvalue weighted by Gasteiger charge is 2.32. The highest BCUT2D eigenvalue weighted by atomic mass is 19.1. The molecule has 0 aliphatic heterocycles. The summed E-state index contributed by atoms with van der Waals surface area (Å²) in [5.41, 5.74) is 6.59. The summed E-state index contributed by atoms with van der Waals surface area (Å²) in [6.07, 6.45) is 3.54. The van der Waals surface area contributed by atoms with Crippen LogP contribution < -0.4 is 10.5 Å². The van der Waals surface area contributed by atoms with Crippen molar-refractivity contribution >= 4 is 0 Å². The van der Waals surface area contributed by atoms with E-state index >= 15 is 0 Å². The second-order valence-electron chi connectivity index (χ2n) is 6.96. The van der Waals surface area contributed by atoms with Crippen molar-refractivity contribution < 1.29 is 9.13 Å². The van der Waals surface area contributed by atoms with E-state index in [2.05, 4.69) is 20.8 Å². The molecular weight excluding hydrogens is 265 g/mol. The van der Waals surface area contributed by atoms with Gasteiger partial charge in [-0.25, -0.2) is 4.39 Å². The molecule has 1 aliphatic carbocycles. The molecule has 3 heteroatoms. The van der Waals surface area contributed by atoms with E-state index in [0.717, 1.165) is 12.0 Å². The molecular formula is C18H28FNO. The van der Waals surface area contributed by atoms with Gasteiger partial charge in [0.05, 0.1) is 0 Å². The Morgan fingerprint density at radius 2 is 1.95 bits per heavy atom. The van der Waals surface area contributed by atoms with Gasteiger partial charge in [0.25, 0.3) is 0 Å². The van der Waals surface area contributed by atoms with Crippen molar-refractivity contribution in [3.8, 4) is 5.75 Å². The molecule has 1 fully saturated rings. The zero-order valence-corrected chi connectivity index (χ0v) is 13.6. The van der Waals surface area contributed by atoms with Gasteiger partial charge in [0.1, 0.15) is 6.10 Å². The summed E-state index contributed by atoms with van der Waals surface area (Å²) < 4.78 is 20.3. The van der Waals surface area contributed by atoms with Crippen molar-refractivity contribution in [2.45, 2.75) is 59.1 Å². The Morgan fingerprint density at radius 3 is 2.52 bits per heavy atom. The zero-order chi connectivity index (χ0) is 15.6. The quantitative estimate of drug-likeness (QED) is 0.874. The van der Waals surface area contributed by atoms with Gasteiger partial charge in [0, 0.05) is 6.04 Å². The van der Waals surface area contributed by atoms with Crippen LogP contribution in [0.4, 0.5) is 4.39 Å². The number of hydrogen-bond donors (Lipinski definition) is 1. The molecule has 3 unspecified atom stereocenters. The Morgan fingerprint density at radius 1 is 1.24 bits per heavy atom. The molecule has 1 aromatic rings. The largest absolute Gasteiger partial charge is 0.487 e. The lowest BCUT2D eigenvalue weighted by atomic mass is 9.75. The van der Waals surface area contributed by atoms with Crippen molar-refractivity contribution in [2.24, 2.45) is 23.5 Å². The molecule has 1 aromatic carbocycles. The topological polar surface area (TPSA) is 35.2 Å². The van der Waals surface area contributed by atoms with Gasteiger partial charge in [0.15, 0.2) is 11.6 Å². The summed E-state index contributed by atoms with van der Waals surface area (Å²) in [7, 11) is 0. The molecule has 0 amide bonds. The molecule has 0 saturated heterocycles. The molecule has 0 heterocycles. The van der Waals surface area contributed by atoms with Crippen molar-refractivity contribution in [1.29, 1.82) is 0 Å². The summed E-state index contributed by atoms with van der Waals surface area (Å²) in [5.74, 6) is 1.79. The fourth-order valence-corrected chi connectivity index (χ4v) is 3.31.